The van der Waals surface area contributed by atoms with Crippen LogP contribution >= 0.6 is 0 Å². The molecule has 1 aromatic heterocycles. The average Bonchev–Trinajstić information content (AvgIpc) is 0.990. The summed E-state index contributed by atoms with van der Waals surface area (Å²) in [7, 11) is -23.0. The minimum absolute atomic E-state index is 0.0129. The highest BCUT2D eigenvalue weighted by Crippen LogP contribution is 2.45. The van der Waals surface area contributed by atoms with Crippen molar-refractivity contribution < 1.29 is 86.3 Å². The number of ketones is 1. The summed E-state index contributed by atoms with van der Waals surface area (Å²) in [6.45, 7) is 68.6. The Kier molecular flexibility index (Phi) is 57.2. The third-order valence-electron chi connectivity index (χ3n) is 33.8. The van der Waals surface area contributed by atoms with E-state index < -0.39 is 172 Å². The summed E-state index contributed by atoms with van der Waals surface area (Å²) in [5.41, 5.74) is 0.388. The molecule has 18 nitrogen and oxygen atoms in total. The molecule has 137 heavy (non-hydrogen) atoms. The van der Waals surface area contributed by atoms with E-state index in [4.69, 9.17) is 58.8 Å². The van der Waals surface area contributed by atoms with Gasteiger partial charge in [0.2, 0.25) is 0 Å². The van der Waals surface area contributed by atoms with Gasteiger partial charge < -0.3 is 69.1 Å². The van der Waals surface area contributed by atoms with Crippen LogP contribution in [0.5, 0.6) is 0 Å². The number of hydrogen-bond donors (Lipinski definition) is 2. The molecule has 4 heterocycles. The third kappa shape index (κ3) is 36.5. The van der Waals surface area contributed by atoms with Crippen LogP contribution in [-0.2, 0) is 68.4 Å². The first-order valence-electron chi connectivity index (χ1n) is 55.0. The molecule has 18 atom stereocenters. The number of aromatic nitrogens is 1. The van der Waals surface area contributed by atoms with Gasteiger partial charge in [0.05, 0.1) is 84.8 Å². The molecule has 1 saturated heterocycles. The van der Waals surface area contributed by atoms with Crippen LogP contribution in [0.4, 0.5) is 13.2 Å². The van der Waals surface area contributed by atoms with Crippen molar-refractivity contribution in [3.05, 3.63) is 121 Å². The van der Waals surface area contributed by atoms with Crippen LogP contribution in [0.2, 0.25) is 163 Å². The van der Waals surface area contributed by atoms with E-state index in [0.29, 0.717) is 79.8 Å². The van der Waals surface area contributed by atoms with Gasteiger partial charge in [0, 0.05) is 37.5 Å². The van der Waals surface area contributed by atoms with Crippen LogP contribution in [0.3, 0.4) is 0 Å². The number of fused-ring (bicyclic) bond motifs is 2. The van der Waals surface area contributed by atoms with Gasteiger partial charge in [-0.1, -0.05) is 286 Å². The second-order valence-electron chi connectivity index (χ2n) is 40.0. The molecule has 2 bridgehead atoms. The number of alkyl halides is 3. The Labute approximate surface area is 842 Å². The number of allylic oxidation sites excluding steroid dienone is 12. The predicted molar refractivity (Wildman–Crippen MR) is 588 cm³/mol. The van der Waals surface area contributed by atoms with Crippen LogP contribution in [-0.4, -0.2) is 195 Å². The van der Waals surface area contributed by atoms with E-state index in [-0.39, 0.29) is 48.6 Å². The monoisotopic (exact) mass is 2080 g/mol. The van der Waals surface area contributed by atoms with Gasteiger partial charge in [0.25, 0.3) is 0 Å². The van der Waals surface area contributed by atoms with Crippen molar-refractivity contribution in [2.45, 2.75) is 521 Å². The quantitative estimate of drug-likeness (QED) is 0.0354. The average molecular weight is 2080 g/mol. The van der Waals surface area contributed by atoms with Crippen molar-refractivity contribution in [1.82, 2.24) is 10.3 Å². The minimum atomic E-state index is -5.26. The second kappa shape index (κ2) is 62.1. The molecule has 3 aliphatic heterocycles. The summed E-state index contributed by atoms with van der Waals surface area (Å²) in [4.78, 5) is 49.1. The Balaban J connectivity index is 2.39. The molecule has 0 aromatic carbocycles. The first-order valence-corrected chi connectivity index (χ1v) is 77.7. The Morgan fingerprint density at radius 1 is 0.401 bits per heavy atom. The van der Waals surface area contributed by atoms with E-state index in [0.717, 1.165) is 127 Å². The number of amides is 1. The summed E-state index contributed by atoms with van der Waals surface area (Å²) in [6.07, 6.45) is 18.7. The number of carbonyl (C=O) groups excluding carboxylic acids is 3. The molecule has 1 fully saturated rings. The number of halogens is 3. The fraction of sp³-hybridized carbons (Fsp3) is 0.785. The van der Waals surface area contributed by atoms with Crippen LogP contribution in [0.15, 0.2) is 115 Å². The fourth-order valence-corrected chi connectivity index (χ4v) is 47.5. The molecule has 0 spiro atoms. The Morgan fingerprint density at radius 2 is 0.766 bits per heavy atom. The maximum atomic E-state index is 16.4. The predicted octanol–water partition coefficient (Wildman–Crippen LogP) is 30.6. The number of Topliss-reactive ketones (excluding diaryl/α,β-unsaturated/α-hetero) is 1. The van der Waals surface area contributed by atoms with Gasteiger partial charge >= 0.3 is 18.1 Å². The Bertz CT molecular complexity index is 3720. The van der Waals surface area contributed by atoms with Crippen molar-refractivity contribution in [1.29, 1.82) is 0 Å². The number of esters is 1. The lowest BCUT2D eigenvalue weighted by molar-refractivity contribution is -0.276. The van der Waals surface area contributed by atoms with Crippen LogP contribution in [0.25, 0.3) is 0 Å². The maximum Gasteiger partial charge on any atom is 0.471 e. The number of H-pyrrole nitrogens is 1. The molecular weight excluding hydrogens is 1880 g/mol. The lowest BCUT2D eigenvalue weighted by Crippen LogP contribution is -2.69. The highest BCUT2D eigenvalue weighted by molar-refractivity contribution is 6.77. The molecule has 0 radical (unpaired) electrons. The van der Waals surface area contributed by atoms with Crippen molar-refractivity contribution in [2.75, 3.05) is 0 Å². The van der Waals surface area contributed by atoms with Gasteiger partial charge in [0.1, 0.15) is 18.3 Å². The van der Waals surface area contributed by atoms with Gasteiger partial charge in [-0.2, -0.15) is 13.2 Å². The summed E-state index contributed by atoms with van der Waals surface area (Å²) in [5.74, 6) is -3.09. The summed E-state index contributed by atoms with van der Waals surface area (Å²) in [6, 6.07) is 25.0. The first kappa shape index (κ1) is 126. The molecule has 1 amide bonds. The number of carbonyl (C=O) groups is 3. The highest BCUT2D eigenvalue weighted by atomic mass is 28.4. The molecule has 4 rings (SSSR count). The number of ether oxygens (including phenoxy) is 4. The molecular formula is C107H199F3N2O16Si9. The third-order valence-corrected chi connectivity index (χ3v) is 75.8. The van der Waals surface area contributed by atoms with E-state index in [9.17, 15) is 4.79 Å². The fourth-order valence-electron chi connectivity index (χ4n) is 21.4. The zero-order chi connectivity index (χ0) is 103. The van der Waals surface area contributed by atoms with Crippen molar-refractivity contribution in [2.24, 2.45) is 17.8 Å². The smallest absolute Gasteiger partial charge is 0.471 e. The van der Waals surface area contributed by atoms with Crippen molar-refractivity contribution in [3.8, 4) is 0 Å². The van der Waals surface area contributed by atoms with E-state index in [2.05, 4.69) is 236 Å². The zero-order valence-electron chi connectivity index (χ0n) is 92.0. The van der Waals surface area contributed by atoms with Crippen molar-refractivity contribution >= 4 is 92.5 Å². The molecule has 2 N–H and O–H groups in total. The van der Waals surface area contributed by atoms with Gasteiger partial charge in [-0.25, -0.2) is 0 Å². The number of nitrogens with one attached hydrogen (secondary N) is 2. The number of hydrogen-bond acceptors (Lipinski definition) is 16. The van der Waals surface area contributed by atoms with E-state index in [1.807, 2.05) is 79.0 Å². The van der Waals surface area contributed by atoms with Crippen molar-refractivity contribution in [3.63, 3.8) is 0 Å². The van der Waals surface area contributed by atoms with Gasteiger partial charge in [-0.05, 0) is 220 Å². The summed E-state index contributed by atoms with van der Waals surface area (Å²) >= 11 is 0. The van der Waals surface area contributed by atoms with Crippen LogP contribution in [0.1, 0.15) is 270 Å². The Morgan fingerprint density at radius 3 is 1.18 bits per heavy atom. The molecule has 1 aromatic rings. The summed E-state index contributed by atoms with van der Waals surface area (Å²) in [5, 5.41) is 2.51. The summed E-state index contributed by atoms with van der Waals surface area (Å²) < 4.78 is 146. The van der Waals surface area contributed by atoms with E-state index >= 15 is 22.8 Å². The standard InChI is InChI=1S/C107H199F3N2O16Si9/c1-32-129(33-2,34-3)120-89-75-76-94(123-132(41-10,42-11)43-12)95(124-133(44-13,45-14)46-15)82-91(121-130(35-4,36-5)37-6)79-90-81-97(125-134(47-16,48-17)49-18)99(101(114)93-74-71-77-111-93)96(118-90)80-88(119-105-104(128-137(56-25,57-26)58-27)100(112-106(115)107(108,109)110)103(87(31)117-105)127-136(53-22,54-23)55-24)73-70-68-66-64-62-60-59-61-63-65-67-69-72-84(28)102(126-135(50-19,51-20)52-21)85(29)86(30)116-98(113)83-92(78-89)122-131(38-7,39-8)40-9/h59-74,77,81,84-89,91-92,94-97,99-100,102-105,111H,32-58,75-76,78-80,82-83H2,1-31H3,(H,112,115)/b60-59+,63-61+,64-62+,67-65+,68-66+,72-69+,73-70+/t84-,85-,86-,87+,88-,89+,91+,92+,94+,95+,96-,97-,99-,100-,102+,103+,104-,105-/m0/s1. The van der Waals surface area contributed by atoms with Gasteiger partial charge in [0.15, 0.2) is 86.9 Å². The van der Waals surface area contributed by atoms with Gasteiger partial charge in [-0.3, -0.25) is 14.4 Å². The lowest BCUT2D eigenvalue weighted by atomic mass is 9.84. The molecule has 0 aliphatic carbocycles. The van der Waals surface area contributed by atoms with E-state index in [1.165, 1.54) is 0 Å². The maximum absolute atomic E-state index is 16.4. The normalized spacial score (nSPS) is 28.0. The molecule has 790 valence electrons. The number of rotatable bonds is 50. The topological polar surface area (TPSA) is 199 Å². The number of aromatic amines is 1. The van der Waals surface area contributed by atoms with Crippen LogP contribution < -0.4 is 5.32 Å². The van der Waals surface area contributed by atoms with E-state index in [1.54, 1.807) is 19.2 Å². The first-order chi connectivity index (χ1) is 65.3. The Hall–Kier alpha value is -3.09. The number of cyclic esters (lactones) is 1. The largest absolute Gasteiger partial charge is 0.494 e. The highest BCUT2D eigenvalue weighted by Gasteiger charge is 2.56. The minimum Gasteiger partial charge on any atom is -0.494 e. The lowest BCUT2D eigenvalue weighted by Gasteiger charge is -2.51. The van der Waals surface area contributed by atoms with Crippen LogP contribution in [0, 0.1) is 17.8 Å². The SMILES string of the molecule is CC[Si](CC)(CC)O[C@@H]1CC[C@@H](O[Si](CC)(CC)CC)[C@H](O[Si](CC)(CC)CC)C[C@H](O[Si](CC)(CC)CC)CC2=C[C@H](O[Si](CC)(CC)CC)[C@@H](C(=O)c3ccc[nH]3)[C@H](C[C@@H](O[C@@H]3O[C@H](C)[C@@H](O[Si](CC)(CC)CC)[C@H](NC(=O)C(F)(F)F)[C@@H]3O[Si](CC)(CC)CC)/C=C/C=C/C=C/C=C/C=C/C=C/C=C/[C@H](C)[C@@H](O[Si](CC)(CC)CC)[C@@H](C)[C@H](C)OC(=O)C[C@H](O[Si](CC)(CC)CC)C1)O2. The second-order valence-corrected chi connectivity index (χ2v) is 82.5. The molecule has 30 heteroatoms. The van der Waals surface area contributed by atoms with Gasteiger partial charge in [-0.15, -0.1) is 0 Å². The molecule has 0 unspecified atom stereocenters. The molecule has 0 saturated carbocycles. The zero-order valence-corrected chi connectivity index (χ0v) is 101. The molecule has 3 aliphatic rings.